The number of Topliss-reactive ketones (excluding diaryl/α,β-unsaturated/α-hetero) is 2. The van der Waals surface area contributed by atoms with Crippen molar-refractivity contribution in [2.45, 2.75) is 49.0 Å². The molecule has 1 aliphatic carbocycles. The van der Waals surface area contributed by atoms with Gasteiger partial charge in [-0.1, -0.05) is 110 Å². The van der Waals surface area contributed by atoms with Crippen molar-refractivity contribution in [1.29, 1.82) is 0 Å². The van der Waals surface area contributed by atoms with Crippen LogP contribution in [0, 0.1) is 5.92 Å². The van der Waals surface area contributed by atoms with E-state index in [0.29, 0.717) is 22.8 Å². The van der Waals surface area contributed by atoms with Gasteiger partial charge in [0, 0.05) is 21.6 Å². The SMILES string of the molecule is O=C(c1ccccc1)C(CC(SC1CCCCC1)c1ccccc1)C(=O)c1ccccc1. The molecule has 2 nitrogen and oxygen atoms in total. The Morgan fingerprint density at radius 2 is 1.16 bits per heavy atom. The first-order valence-corrected chi connectivity index (χ1v) is 12.6. The van der Waals surface area contributed by atoms with Crippen LogP contribution >= 0.6 is 11.8 Å². The van der Waals surface area contributed by atoms with Gasteiger partial charge in [-0.05, 0) is 24.8 Å². The zero-order valence-corrected chi connectivity index (χ0v) is 19.2. The number of ketones is 2. The van der Waals surface area contributed by atoms with Crippen molar-refractivity contribution < 1.29 is 9.59 Å². The number of rotatable bonds is 9. The Kier molecular flexibility index (Phi) is 7.95. The summed E-state index contributed by atoms with van der Waals surface area (Å²) in [5.41, 5.74) is 2.42. The second kappa shape index (κ2) is 11.3. The molecule has 164 valence electrons. The molecule has 3 aromatic carbocycles. The lowest BCUT2D eigenvalue weighted by Gasteiger charge is -2.28. The summed E-state index contributed by atoms with van der Waals surface area (Å²) in [6.07, 6.45) is 6.82. The van der Waals surface area contributed by atoms with Crippen LogP contribution in [-0.4, -0.2) is 16.8 Å². The molecule has 0 amide bonds. The average molecular weight is 443 g/mol. The van der Waals surface area contributed by atoms with Crippen LogP contribution in [0.25, 0.3) is 0 Å². The summed E-state index contributed by atoms with van der Waals surface area (Å²) in [7, 11) is 0. The van der Waals surface area contributed by atoms with Gasteiger partial charge in [-0.2, -0.15) is 11.8 Å². The molecule has 4 rings (SSSR count). The Labute approximate surface area is 195 Å². The lowest BCUT2D eigenvalue weighted by molar-refractivity contribution is 0.0799. The second-order valence-electron chi connectivity index (χ2n) is 8.54. The van der Waals surface area contributed by atoms with Gasteiger partial charge in [0.1, 0.15) is 0 Å². The van der Waals surface area contributed by atoms with Crippen molar-refractivity contribution in [3.05, 3.63) is 108 Å². The molecule has 0 radical (unpaired) electrons. The Bertz CT molecular complexity index is 944. The van der Waals surface area contributed by atoms with Crippen LogP contribution < -0.4 is 0 Å². The molecular weight excluding hydrogens is 412 g/mol. The van der Waals surface area contributed by atoms with Gasteiger partial charge in [0.15, 0.2) is 11.6 Å². The molecule has 1 aliphatic rings. The highest BCUT2D eigenvalue weighted by Crippen LogP contribution is 2.43. The van der Waals surface area contributed by atoms with Crippen LogP contribution in [-0.2, 0) is 0 Å². The number of benzene rings is 3. The molecule has 0 spiro atoms. The number of hydrogen-bond acceptors (Lipinski definition) is 3. The minimum absolute atomic E-state index is 0.0790. The number of carbonyl (C=O) groups excluding carboxylic acids is 2. The average Bonchev–Trinajstić information content (AvgIpc) is 2.88. The molecule has 1 fully saturated rings. The van der Waals surface area contributed by atoms with Crippen molar-refractivity contribution in [1.82, 2.24) is 0 Å². The van der Waals surface area contributed by atoms with Crippen molar-refractivity contribution in [2.75, 3.05) is 0 Å². The maximum absolute atomic E-state index is 13.6. The summed E-state index contributed by atoms with van der Waals surface area (Å²) >= 11 is 1.97. The minimum Gasteiger partial charge on any atom is -0.293 e. The monoisotopic (exact) mass is 442 g/mol. The standard InChI is InChI=1S/C29H30O2S/c30-28(23-15-7-2-8-16-23)26(29(31)24-17-9-3-10-18-24)21-27(22-13-5-1-6-14-22)32-25-19-11-4-12-20-25/h1-3,5-10,13-18,25-27H,4,11-12,19-21H2. The van der Waals surface area contributed by atoms with Gasteiger partial charge in [0.2, 0.25) is 0 Å². The molecule has 0 N–H and O–H groups in total. The molecule has 0 aliphatic heterocycles. The number of thioether (sulfide) groups is 1. The van der Waals surface area contributed by atoms with E-state index in [1.807, 2.05) is 78.5 Å². The third kappa shape index (κ3) is 5.77. The van der Waals surface area contributed by atoms with Crippen molar-refractivity contribution in [3.8, 4) is 0 Å². The minimum atomic E-state index is -0.693. The fourth-order valence-corrected chi connectivity index (χ4v) is 6.21. The highest BCUT2D eigenvalue weighted by Gasteiger charge is 2.33. The van der Waals surface area contributed by atoms with Crippen molar-refractivity contribution in [3.63, 3.8) is 0 Å². The summed E-state index contributed by atoms with van der Waals surface area (Å²) in [6, 6.07) is 28.9. The maximum atomic E-state index is 13.6. The van der Waals surface area contributed by atoms with E-state index in [2.05, 4.69) is 24.3 Å². The van der Waals surface area contributed by atoms with Gasteiger partial charge in [-0.15, -0.1) is 0 Å². The van der Waals surface area contributed by atoms with Crippen molar-refractivity contribution >= 4 is 23.3 Å². The van der Waals surface area contributed by atoms with Crippen LogP contribution in [0.5, 0.6) is 0 Å². The Balaban J connectivity index is 1.65. The summed E-state index contributed by atoms with van der Waals surface area (Å²) in [6.45, 7) is 0. The second-order valence-corrected chi connectivity index (χ2v) is 10.1. The third-order valence-electron chi connectivity index (χ3n) is 6.28. The fraction of sp³-hybridized carbons (Fsp3) is 0.310. The zero-order chi connectivity index (χ0) is 22.2. The molecule has 1 saturated carbocycles. The molecule has 1 unspecified atom stereocenters. The maximum Gasteiger partial charge on any atom is 0.173 e. The van der Waals surface area contributed by atoms with E-state index in [4.69, 9.17) is 0 Å². The normalized spacial score (nSPS) is 15.4. The lowest BCUT2D eigenvalue weighted by Crippen LogP contribution is -2.27. The van der Waals surface area contributed by atoms with Gasteiger partial charge in [-0.3, -0.25) is 9.59 Å². The Morgan fingerprint density at radius 3 is 1.66 bits per heavy atom. The summed E-state index contributed by atoms with van der Waals surface area (Å²) in [5, 5.41) is 0.706. The van der Waals surface area contributed by atoms with E-state index in [9.17, 15) is 9.59 Å². The van der Waals surface area contributed by atoms with Crippen molar-refractivity contribution in [2.24, 2.45) is 5.92 Å². The van der Waals surface area contributed by atoms with E-state index >= 15 is 0 Å². The molecule has 0 saturated heterocycles. The Hall–Kier alpha value is -2.65. The fourth-order valence-electron chi connectivity index (χ4n) is 4.53. The molecule has 3 heteroatoms. The molecule has 0 aromatic heterocycles. The summed E-state index contributed by atoms with van der Waals surface area (Å²) in [5.74, 6) is -0.852. The predicted octanol–water partition coefficient (Wildman–Crippen LogP) is 7.57. The van der Waals surface area contributed by atoms with E-state index < -0.39 is 5.92 Å². The van der Waals surface area contributed by atoms with Crippen LogP contribution in [0.15, 0.2) is 91.0 Å². The lowest BCUT2D eigenvalue weighted by atomic mass is 9.85. The number of hydrogen-bond donors (Lipinski definition) is 0. The molecule has 0 heterocycles. The highest BCUT2D eigenvalue weighted by molar-refractivity contribution is 8.00. The van der Waals surface area contributed by atoms with Gasteiger partial charge in [0.25, 0.3) is 0 Å². The highest BCUT2D eigenvalue weighted by atomic mass is 32.2. The summed E-state index contributed by atoms with van der Waals surface area (Å²) < 4.78 is 0. The summed E-state index contributed by atoms with van der Waals surface area (Å²) in [4.78, 5) is 27.2. The van der Waals surface area contributed by atoms with Crippen LogP contribution in [0.3, 0.4) is 0 Å². The number of carbonyl (C=O) groups is 2. The largest absolute Gasteiger partial charge is 0.293 e. The van der Waals surface area contributed by atoms with Gasteiger partial charge in [0.05, 0.1) is 5.92 Å². The van der Waals surface area contributed by atoms with E-state index in [1.54, 1.807) is 0 Å². The van der Waals surface area contributed by atoms with E-state index in [1.165, 1.54) is 37.7 Å². The predicted molar refractivity (Wildman–Crippen MR) is 133 cm³/mol. The first-order chi connectivity index (χ1) is 15.7. The molecule has 32 heavy (non-hydrogen) atoms. The molecule has 0 bridgehead atoms. The molecule has 1 atom stereocenters. The Morgan fingerprint density at radius 1 is 0.688 bits per heavy atom. The molecule has 3 aromatic rings. The van der Waals surface area contributed by atoms with Crippen LogP contribution in [0.1, 0.15) is 70.1 Å². The van der Waals surface area contributed by atoms with E-state index in [-0.39, 0.29) is 16.8 Å². The van der Waals surface area contributed by atoms with E-state index in [0.717, 1.165) is 0 Å². The van der Waals surface area contributed by atoms with Crippen LogP contribution in [0.2, 0.25) is 0 Å². The topological polar surface area (TPSA) is 34.1 Å². The van der Waals surface area contributed by atoms with Gasteiger partial charge < -0.3 is 0 Å². The van der Waals surface area contributed by atoms with Gasteiger partial charge in [-0.25, -0.2) is 0 Å². The smallest absolute Gasteiger partial charge is 0.173 e. The third-order valence-corrected chi connectivity index (χ3v) is 7.93. The first-order valence-electron chi connectivity index (χ1n) is 11.6. The first kappa shape index (κ1) is 22.5. The quantitative estimate of drug-likeness (QED) is 0.253. The zero-order valence-electron chi connectivity index (χ0n) is 18.4. The van der Waals surface area contributed by atoms with Crippen LogP contribution in [0.4, 0.5) is 0 Å². The molecular formula is C29H30O2S. The van der Waals surface area contributed by atoms with Gasteiger partial charge >= 0.3 is 0 Å².